The smallest absolute Gasteiger partial charge is 0.235 e. The summed E-state index contributed by atoms with van der Waals surface area (Å²) < 4.78 is 5.51. The molecular formula is C21H25NO2. The van der Waals surface area contributed by atoms with E-state index in [2.05, 4.69) is 31.3 Å². The van der Waals surface area contributed by atoms with E-state index in [-0.39, 0.29) is 5.91 Å². The largest absolute Gasteiger partial charge is 0.381 e. The van der Waals surface area contributed by atoms with Crippen molar-refractivity contribution in [2.24, 2.45) is 0 Å². The number of rotatable bonds is 4. The maximum atomic E-state index is 13.1. The van der Waals surface area contributed by atoms with E-state index >= 15 is 0 Å². The van der Waals surface area contributed by atoms with Crippen molar-refractivity contribution in [2.75, 3.05) is 18.5 Å². The first-order valence-corrected chi connectivity index (χ1v) is 8.66. The van der Waals surface area contributed by atoms with Gasteiger partial charge in [0.1, 0.15) is 0 Å². The van der Waals surface area contributed by atoms with E-state index in [0.29, 0.717) is 32.0 Å². The highest BCUT2D eigenvalue weighted by Crippen LogP contribution is 2.36. The molecule has 3 heteroatoms. The topological polar surface area (TPSA) is 38.3 Å². The molecule has 0 aliphatic carbocycles. The van der Waals surface area contributed by atoms with Crippen LogP contribution in [0.4, 0.5) is 5.69 Å². The van der Waals surface area contributed by atoms with Crippen molar-refractivity contribution in [3.05, 3.63) is 65.7 Å². The Morgan fingerprint density at radius 1 is 1.00 bits per heavy atom. The van der Waals surface area contributed by atoms with Crippen LogP contribution in [-0.4, -0.2) is 19.1 Å². The Hall–Kier alpha value is -2.13. The number of benzene rings is 2. The highest BCUT2D eigenvalue weighted by molar-refractivity contribution is 5.99. The van der Waals surface area contributed by atoms with Gasteiger partial charge in [-0.1, -0.05) is 56.3 Å². The predicted octanol–water partition coefficient (Wildman–Crippen LogP) is 4.50. The summed E-state index contributed by atoms with van der Waals surface area (Å²) in [7, 11) is 0. The number of amides is 1. The molecule has 0 aromatic heterocycles. The lowest BCUT2D eigenvalue weighted by Crippen LogP contribution is -2.44. The van der Waals surface area contributed by atoms with E-state index < -0.39 is 5.41 Å². The number of carbonyl (C=O) groups excluding carboxylic acids is 1. The minimum Gasteiger partial charge on any atom is -0.381 e. The SMILES string of the molecule is CC(C)c1ccc(NC(=O)C2(c3ccccc3)CCOCC2)cc1. The van der Waals surface area contributed by atoms with E-state index in [1.165, 1.54) is 5.56 Å². The molecule has 3 rings (SSSR count). The quantitative estimate of drug-likeness (QED) is 0.900. The van der Waals surface area contributed by atoms with Gasteiger partial charge < -0.3 is 10.1 Å². The van der Waals surface area contributed by atoms with Gasteiger partial charge >= 0.3 is 0 Å². The molecule has 0 saturated carbocycles. The lowest BCUT2D eigenvalue weighted by molar-refractivity contribution is -0.125. The van der Waals surface area contributed by atoms with Crippen molar-refractivity contribution in [3.8, 4) is 0 Å². The molecule has 3 nitrogen and oxygen atoms in total. The summed E-state index contributed by atoms with van der Waals surface area (Å²) in [6.45, 7) is 5.57. The lowest BCUT2D eigenvalue weighted by atomic mass is 9.73. The van der Waals surface area contributed by atoms with Crippen LogP contribution in [0.25, 0.3) is 0 Å². The molecule has 2 aromatic carbocycles. The van der Waals surface area contributed by atoms with E-state index in [1.54, 1.807) is 0 Å². The van der Waals surface area contributed by atoms with E-state index in [4.69, 9.17) is 4.74 Å². The Bertz CT molecular complexity index is 671. The van der Waals surface area contributed by atoms with E-state index in [0.717, 1.165) is 11.3 Å². The molecule has 1 heterocycles. The van der Waals surface area contributed by atoms with Gasteiger partial charge in [-0.2, -0.15) is 0 Å². The number of hydrogen-bond acceptors (Lipinski definition) is 2. The second kappa shape index (κ2) is 7.18. The third-order valence-electron chi connectivity index (χ3n) is 4.94. The Morgan fingerprint density at radius 3 is 2.21 bits per heavy atom. The molecule has 1 fully saturated rings. The minimum absolute atomic E-state index is 0.0642. The average molecular weight is 323 g/mol. The molecule has 1 saturated heterocycles. The first-order valence-electron chi connectivity index (χ1n) is 8.66. The third-order valence-corrected chi connectivity index (χ3v) is 4.94. The second-order valence-electron chi connectivity index (χ2n) is 6.79. The minimum atomic E-state index is -0.504. The van der Waals surface area contributed by atoms with Crippen molar-refractivity contribution in [1.82, 2.24) is 0 Å². The molecule has 1 aliphatic rings. The second-order valence-corrected chi connectivity index (χ2v) is 6.79. The zero-order valence-electron chi connectivity index (χ0n) is 14.4. The molecule has 0 atom stereocenters. The first kappa shape index (κ1) is 16.7. The fourth-order valence-electron chi connectivity index (χ4n) is 3.33. The van der Waals surface area contributed by atoms with Crippen LogP contribution in [0.5, 0.6) is 0 Å². The van der Waals surface area contributed by atoms with E-state index in [9.17, 15) is 4.79 Å². The molecule has 1 amide bonds. The van der Waals surface area contributed by atoms with Crippen LogP contribution >= 0.6 is 0 Å². The zero-order chi connectivity index (χ0) is 17.0. The molecular weight excluding hydrogens is 298 g/mol. The molecule has 1 N–H and O–H groups in total. The van der Waals surface area contributed by atoms with Crippen molar-refractivity contribution < 1.29 is 9.53 Å². The van der Waals surface area contributed by atoms with Crippen LogP contribution in [0.2, 0.25) is 0 Å². The number of nitrogens with one attached hydrogen (secondary N) is 1. The maximum absolute atomic E-state index is 13.1. The normalized spacial score (nSPS) is 16.8. The maximum Gasteiger partial charge on any atom is 0.235 e. The molecule has 126 valence electrons. The molecule has 0 unspecified atom stereocenters. The van der Waals surface area contributed by atoms with Crippen LogP contribution in [0.15, 0.2) is 54.6 Å². The van der Waals surface area contributed by atoms with Crippen molar-refractivity contribution in [2.45, 2.75) is 38.0 Å². The van der Waals surface area contributed by atoms with Gasteiger partial charge in [0.25, 0.3) is 0 Å². The highest BCUT2D eigenvalue weighted by atomic mass is 16.5. The first-order chi connectivity index (χ1) is 11.6. The van der Waals surface area contributed by atoms with Crippen LogP contribution in [0.1, 0.15) is 43.7 Å². The summed E-state index contributed by atoms with van der Waals surface area (Å²) in [4.78, 5) is 13.1. The summed E-state index contributed by atoms with van der Waals surface area (Å²) in [5.41, 5.74) is 2.70. The summed E-state index contributed by atoms with van der Waals surface area (Å²) in [6, 6.07) is 18.2. The number of carbonyl (C=O) groups is 1. The molecule has 0 bridgehead atoms. The molecule has 0 spiro atoms. The van der Waals surface area contributed by atoms with Gasteiger partial charge in [-0.15, -0.1) is 0 Å². The number of hydrogen-bond donors (Lipinski definition) is 1. The van der Waals surface area contributed by atoms with Gasteiger partial charge in [-0.3, -0.25) is 4.79 Å². The van der Waals surface area contributed by atoms with Gasteiger partial charge in [-0.05, 0) is 42.0 Å². The van der Waals surface area contributed by atoms with Crippen molar-refractivity contribution in [1.29, 1.82) is 0 Å². The Labute approximate surface area is 144 Å². The Balaban J connectivity index is 1.84. The van der Waals surface area contributed by atoms with Crippen LogP contribution < -0.4 is 5.32 Å². The fraction of sp³-hybridized carbons (Fsp3) is 0.381. The van der Waals surface area contributed by atoms with Gasteiger partial charge in [0.2, 0.25) is 5.91 Å². The molecule has 0 radical (unpaired) electrons. The zero-order valence-corrected chi connectivity index (χ0v) is 14.4. The Morgan fingerprint density at radius 2 is 1.62 bits per heavy atom. The number of anilines is 1. The van der Waals surface area contributed by atoms with Crippen LogP contribution in [0.3, 0.4) is 0 Å². The number of ether oxygens (including phenoxy) is 1. The van der Waals surface area contributed by atoms with Crippen LogP contribution in [0, 0.1) is 0 Å². The highest BCUT2D eigenvalue weighted by Gasteiger charge is 2.41. The monoisotopic (exact) mass is 323 g/mol. The molecule has 24 heavy (non-hydrogen) atoms. The summed E-state index contributed by atoms with van der Waals surface area (Å²) >= 11 is 0. The van der Waals surface area contributed by atoms with Crippen molar-refractivity contribution >= 4 is 11.6 Å². The summed E-state index contributed by atoms with van der Waals surface area (Å²) in [5.74, 6) is 0.551. The predicted molar refractivity (Wildman–Crippen MR) is 97.3 cm³/mol. The van der Waals surface area contributed by atoms with Crippen LogP contribution in [-0.2, 0) is 14.9 Å². The lowest BCUT2D eigenvalue weighted by Gasteiger charge is -2.36. The fourth-order valence-corrected chi connectivity index (χ4v) is 3.33. The van der Waals surface area contributed by atoms with Gasteiger partial charge in [-0.25, -0.2) is 0 Å². The van der Waals surface area contributed by atoms with Gasteiger partial charge in [0.15, 0.2) is 0 Å². The Kier molecular flexibility index (Phi) is 5.00. The molecule has 1 aliphatic heterocycles. The third kappa shape index (κ3) is 3.36. The summed E-state index contributed by atoms with van der Waals surface area (Å²) in [6.07, 6.45) is 1.43. The standard InChI is InChI=1S/C21H25NO2/c1-16(2)17-8-10-19(11-9-17)22-20(23)21(12-14-24-15-13-21)18-6-4-3-5-7-18/h3-11,16H,12-15H2,1-2H3,(H,22,23). The van der Waals surface area contributed by atoms with Crippen molar-refractivity contribution in [3.63, 3.8) is 0 Å². The molecule has 2 aromatic rings. The van der Waals surface area contributed by atoms with Gasteiger partial charge in [0.05, 0.1) is 5.41 Å². The average Bonchev–Trinajstić information content (AvgIpc) is 2.63. The van der Waals surface area contributed by atoms with E-state index in [1.807, 2.05) is 42.5 Å². The van der Waals surface area contributed by atoms with Gasteiger partial charge in [0, 0.05) is 18.9 Å². The summed E-state index contributed by atoms with van der Waals surface area (Å²) in [5, 5.41) is 3.12.